The monoisotopic (exact) mass is 462 g/mol. The molecule has 0 saturated carbocycles. The summed E-state index contributed by atoms with van der Waals surface area (Å²) in [6.45, 7) is 4.38. The van der Waals surface area contributed by atoms with Crippen LogP contribution in [0.5, 0.6) is 0 Å². The maximum Gasteiger partial charge on any atom is 0.268 e. The van der Waals surface area contributed by atoms with Crippen molar-refractivity contribution in [2.75, 3.05) is 0 Å². The highest BCUT2D eigenvalue weighted by atomic mass is 16.2. The summed E-state index contributed by atoms with van der Waals surface area (Å²) in [4.78, 5) is 88.6. The number of hydrogen-bond acceptors (Lipinski definition) is 8. The van der Waals surface area contributed by atoms with E-state index in [9.17, 15) is 33.6 Å². The van der Waals surface area contributed by atoms with Gasteiger partial charge in [-0.1, -0.05) is 6.58 Å². The smallest absolute Gasteiger partial charge is 0.268 e. The van der Waals surface area contributed by atoms with Crippen molar-refractivity contribution in [2.45, 2.75) is 51.5 Å². The minimum Gasteiger partial charge on any atom is -0.365 e. The van der Waals surface area contributed by atoms with Crippen LogP contribution in [0.1, 0.15) is 45.4 Å². The Morgan fingerprint density at radius 3 is 1.91 bits per heavy atom. The number of Topliss-reactive ketones (excluding diaryl/α,β-unsaturated/α-hetero) is 1. The molecular weight excluding hydrogens is 436 g/mol. The number of carbonyl (C=O) groups is 7. The average molecular weight is 462 g/mol. The number of primary amides is 2. The second kappa shape index (κ2) is 14.8. The van der Waals surface area contributed by atoms with E-state index in [2.05, 4.69) is 21.9 Å². The zero-order chi connectivity index (χ0) is 25.6. The van der Waals surface area contributed by atoms with Crippen molar-refractivity contribution in [2.24, 2.45) is 21.5 Å². The summed E-state index contributed by atoms with van der Waals surface area (Å²) < 4.78 is 0. The Bertz CT molecular complexity index is 920. The topological polar surface area (TPSA) is 232 Å². The fraction of sp³-hybridized carbons (Fsp3) is 0.400. The molecule has 0 rings (SSSR count). The zero-order valence-corrected chi connectivity index (χ0v) is 18.1. The third-order valence-electron chi connectivity index (χ3n) is 4.00. The number of amides is 5. The van der Waals surface area contributed by atoms with Gasteiger partial charge in [0.15, 0.2) is 11.6 Å². The summed E-state index contributed by atoms with van der Waals surface area (Å²) in [5.74, 6) is -5.53. The molecule has 0 radical (unpaired) electrons. The van der Waals surface area contributed by atoms with E-state index in [-0.39, 0.29) is 44.2 Å². The van der Waals surface area contributed by atoms with E-state index in [1.807, 2.05) is 0 Å². The molecule has 178 valence electrons. The van der Waals surface area contributed by atoms with Crippen LogP contribution in [-0.2, 0) is 33.6 Å². The molecule has 33 heavy (non-hydrogen) atoms. The van der Waals surface area contributed by atoms with Gasteiger partial charge in [0.2, 0.25) is 11.8 Å². The molecule has 0 bridgehead atoms. The predicted molar refractivity (Wildman–Crippen MR) is 118 cm³/mol. The molecule has 0 heterocycles. The van der Waals surface area contributed by atoms with Crippen molar-refractivity contribution in [3.63, 3.8) is 0 Å². The molecule has 13 nitrogen and oxygen atoms in total. The number of rotatable bonds is 15. The minimum absolute atomic E-state index is 0.173. The molecule has 0 aliphatic carbocycles. The molecule has 0 aliphatic rings. The first kappa shape index (κ1) is 28.8. The number of nitrogens with zero attached hydrogens (tertiary/aromatic N) is 2. The summed E-state index contributed by atoms with van der Waals surface area (Å²) in [5, 5.41) is 9.25. The van der Waals surface area contributed by atoms with E-state index in [0.29, 0.717) is 6.21 Å². The molecule has 0 aromatic heterocycles. The second-order valence-electron chi connectivity index (χ2n) is 6.64. The van der Waals surface area contributed by atoms with Crippen molar-refractivity contribution in [3.05, 3.63) is 12.7 Å². The highest BCUT2D eigenvalue weighted by Crippen LogP contribution is 2.05. The van der Waals surface area contributed by atoms with Crippen molar-refractivity contribution in [1.82, 2.24) is 5.32 Å². The normalized spacial score (nSPS) is 12.3. The van der Waals surface area contributed by atoms with Crippen molar-refractivity contribution in [3.8, 4) is 0 Å². The number of nitrogens with two attached hydrogens (primary N) is 2. The Hall–Kier alpha value is -4.16. The Morgan fingerprint density at radius 2 is 1.42 bits per heavy atom. The van der Waals surface area contributed by atoms with Crippen molar-refractivity contribution in [1.29, 1.82) is 5.41 Å². The van der Waals surface area contributed by atoms with Gasteiger partial charge in [-0.25, -0.2) is 9.98 Å². The lowest BCUT2D eigenvalue weighted by Gasteiger charge is -2.15. The van der Waals surface area contributed by atoms with E-state index in [0.717, 1.165) is 13.0 Å². The van der Waals surface area contributed by atoms with Crippen LogP contribution >= 0.6 is 0 Å². The molecule has 0 saturated heterocycles. The predicted octanol–water partition coefficient (Wildman–Crippen LogP) is -1.29. The SMILES string of the molecule is C=CC(=O)CCC(=NC(=O)[C@H](CCC(=O)C=N)NC(=O)CCC(=NC(C)=O)C(N)=O)C(N)=O. The van der Waals surface area contributed by atoms with Crippen LogP contribution < -0.4 is 16.8 Å². The van der Waals surface area contributed by atoms with Gasteiger partial charge in [0.25, 0.3) is 17.7 Å². The van der Waals surface area contributed by atoms with Gasteiger partial charge in [0, 0.05) is 39.0 Å². The molecule has 13 heteroatoms. The van der Waals surface area contributed by atoms with E-state index in [1.165, 1.54) is 0 Å². The molecule has 0 aromatic carbocycles. The maximum absolute atomic E-state index is 12.6. The fourth-order valence-electron chi connectivity index (χ4n) is 2.33. The highest BCUT2D eigenvalue weighted by molar-refractivity contribution is 6.40. The lowest BCUT2D eigenvalue weighted by atomic mass is 10.1. The Kier molecular flexibility index (Phi) is 12.9. The van der Waals surface area contributed by atoms with Crippen LogP contribution in [0.2, 0.25) is 0 Å². The van der Waals surface area contributed by atoms with Gasteiger partial charge in [-0.15, -0.1) is 0 Å². The highest BCUT2D eigenvalue weighted by Gasteiger charge is 2.23. The lowest BCUT2D eigenvalue weighted by Crippen LogP contribution is -2.41. The average Bonchev–Trinajstić information content (AvgIpc) is 2.75. The summed E-state index contributed by atoms with van der Waals surface area (Å²) in [5.41, 5.74) is 9.56. The second-order valence-corrected chi connectivity index (χ2v) is 6.64. The number of carbonyl (C=O) groups excluding carboxylic acids is 7. The first-order valence-electron chi connectivity index (χ1n) is 9.68. The quantitative estimate of drug-likeness (QED) is 0.170. The van der Waals surface area contributed by atoms with Gasteiger partial charge in [-0.2, -0.15) is 0 Å². The van der Waals surface area contributed by atoms with E-state index < -0.39 is 52.9 Å². The number of nitrogens with one attached hydrogen (secondary N) is 2. The summed E-state index contributed by atoms with van der Waals surface area (Å²) in [6, 6.07) is -1.37. The van der Waals surface area contributed by atoms with Crippen molar-refractivity contribution >= 4 is 58.7 Å². The van der Waals surface area contributed by atoms with Gasteiger partial charge in [-0.05, 0) is 12.5 Å². The Balaban J connectivity index is 5.53. The van der Waals surface area contributed by atoms with E-state index in [1.54, 1.807) is 0 Å². The number of hydrogen-bond donors (Lipinski definition) is 4. The van der Waals surface area contributed by atoms with Crippen LogP contribution in [0.15, 0.2) is 22.6 Å². The van der Waals surface area contributed by atoms with Crippen LogP contribution in [0, 0.1) is 5.41 Å². The minimum atomic E-state index is -1.37. The Morgan fingerprint density at radius 1 is 0.879 bits per heavy atom. The number of aliphatic imine (C=N–C) groups is 2. The molecule has 5 amide bonds. The molecule has 0 fully saturated rings. The summed E-state index contributed by atoms with van der Waals surface area (Å²) in [6.07, 6.45) is -0.0399. The van der Waals surface area contributed by atoms with Gasteiger partial charge < -0.3 is 22.2 Å². The van der Waals surface area contributed by atoms with E-state index in [4.69, 9.17) is 16.9 Å². The molecule has 1 atom stereocenters. The standard InChI is InChI=1S/C20H26N6O7/c1-3-12(28)4-6-15(19(23)32)26-20(33)16(7-5-13(29)10-21)25-17(30)9-8-14(18(22)31)24-11(2)27/h3,10,16,21H,1,4-9H2,2H3,(H2,22,31)(H2,23,32)(H,25,30)/t16-/m0/s1. The number of ketones is 2. The van der Waals surface area contributed by atoms with Gasteiger partial charge >= 0.3 is 0 Å². The maximum atomic E-state index is 12.6. The zero-order valence-electron chi connectivity index (χ0n) is 18.1. The molecule has 0 unspecified atom stereocenters. The molecular formula is C20H26N6O7. The van der Waals surface area contributed by atoms with Crippen molar-refractivity contribution < 1.29 is 33.6 Å². The van der Waals surface area contributed by atoms with Gasteiger partial charge in [0.05, 0.1) is 6.21 Å². The first-order valence-corrected chi connectivity index (χ1v) is 9.68. The van der Waals surface area contributed by atoms with Crippen LogP contribution in [0.25, 0.3) is 0 Å². The molecule has 0 aromatic rings. The van der Waals surface area contributed by atoms with Gasteiger partial charge in [0.1, 0.15) is 17.5 Å². The third kappa shape index (κ3) is 12.3. The molecule has 0 aliphatic heterocycles. The lowest BCUT2D eigenvalue weighted by molar-refractivity contribution is -0.127. The Labute approximate surface area is 189 Å². The van der Waals surface area contributed by atoms with Crippen LogP contribution in [0.4, 0.5) is 0 Å². The summed E-state index contributed by atoms with van der Waals surface area (Å²) in [7, 11) is 0. The summed E-state index contributed by atoms with van der Waals surface area (Å²) >= 11 is 0. The molecule has 6 N–H and O–H groups in total. The van der Waals surface area contributed by atoms with E-state index >= 15 is 0 Å². The largest absolute Gasteiger partial charge is 0.365 e. The first-order chi connectivity index (χ1) is 15.4. The third-order valence-corrected chi connectivity index (χ3v) is 4.00. The fourth-order valence-corrected chi connectivity index (χ4v) is 2.33. The van der Waals surface area contributed by atoms with Crippen LogP contribution in [0.3, 0.4) is 0 Å². The molecule has 0 spiro atoms. The van der Waals surface area contributed by atoms with Crippen LogP contribution in [-0.4, -0.2) is 64.8 Å². The number of allylic oxidation sites excluding steroid dienone is 1. The van der Waals surface area contributed by atoms with Gasteiger partial charge in [-0.3, -0.25) is 33.6 Å².